The number of hydrogen-bond acceptors (Lipinski definition) is 5. The van der Waals surface area contributed by atoms with Crippen LogP contribution in [0.2, 0.25) is 10.0 Å². The molecule has 6 nitrogen and oxygen atoms in total. The average Bonchev–Trinajstić information content (AvgIpc) is 2.69. The Balaban J connectivity index is 2.43. The Bertz CT molecular complexity index is 936. The molecule has 0 fully saturated rings. The maximum absolute atomic E-state index is 13.5. The van der Waals surface area contributed by atoms with Crippen molar-refractivity contribution in [2.75, 3.05) is 41.4 Å². The average molecular weight is 461 g/mol. The first kappa shape index (κ1) is 23.8. The summed E-state index contributed by atoms with van der Waals surface area (Å²) in [7, 11) is 2.96. The Morgan fingerprint density at radius 3 is 2.24 bits per heavy atom. The molecule has 2 aromatic rings. The summed E-state index contributed by atoms with van der Waals surface area (Å²) < 4.78 is 39.0. The highest BCUT2D eigenvalue weighted by molar-refractivity contribution is 7.89. The quantitative estimate of drug-likeness (QED) is 0.532. The zero-order chi connectivity index (χ0) is 21.6. The largest absolute Gasteiger partial charge is 0.497 e. The fourth-order valence-electron chi connectivity index (χ4n) is 2.81. The molecule has 0 aromatic heterocycles. The van der Waals surface area contributed by atoms with Crippen molar-refractivity contribution in [2.24, 2.45) is 0 Å². The summed E-state index contributed by atoms with van der Waals surface area (Å²) in [6, 6.07) is 9.83. The van der Waals surface area contributed by atoms with Gasteiger partial charge in [0.15, 0.2) is 0 Å². The highest BCUT2D eigenvalue weighted by atomic mass is 35.5. The van der Waals surface area contributed by atoms with Gasteiger partial charge in [0.05, 0.1) is 24.3 Å². The summed E-state index contributed by atoms with van der Waals surface area (Å²) in [5.74, 6) is 0.699. The number of rotatable bonds is 10. The third-order valence-electron chi connectivity index (χ3n) is 4.34. The third kappa shape index (κ3) is 6.23. The predicted molar refractivity (Wildman–Crippen MR) is 117 cm³/mol. The molecule has 2 rings (SSSR count). The van der Waals surface area contributed by atoms with Gasteiger partial charge in [-0.05, 0) is 56.9 Å². The van der Waals surface area contributed by atoms with Gasteiger partial charge in [-0.3, -0.25) is 0 Å². The van der Waals surface area contributed by atoms with E-state index in [0.717, 1.165) is 12.1 Å². The predicted octanol–water partition coefficient (Wildman–Crippen LogP) is 4.15. The summed E-state index contributed by atoms with van der Waals surface area (Å²) in [5, 5.41) is 0.806. The second-order valence-corrected chi connectivity index (χ2v) is 9.48. The lowest BCUT2D eigenvalue weighted by Gasteiger charge is -2.24. The minimum absolute atomic E-state index is 0.0595. The monoisotopic (exact) mass is 460 g/mol. The van der Waals surface area contributed by atoms with Gasteiger partial charge in [0.2, 0.25) is 10.0 Å². The maximum atomic E-state index is 13.5. The van der Waals surface area contributed by atoms with E-state index in [1.165, 1.54) is 24.6 Å². The highest BCUT2D eigenvalue weighted by Gasteiger charge is 2.28. The van der Waals surface area contributed by atoms with E-state index in [-0.39, 0.29) is 17.2 Å². The molecule has 0 aliphatic rings. The number of ether oxygens (including phenoxy) is 2. The Morgan fingerprint density at radius 2 is 1.66 bits per heavy atom. The van der Waals surface area contributed by atoms with Gasteiger partial charge < -0.3 is 14.4 Å². The molecule has 0 aliphatic carbocycles. The fourth-order valence-corrected chi connectivity index (χ4v) is 4.77. The molecule has 0 saturated heterocycles. The van der Waals surface area contributed by atoms with Crippen LogP contribution in [0.1, 0.15) is 12.0 Å². The van der Waals surface area contributed by atoms with Crippen LogP contribution in [0.15, 0.2) is 41.3 Å². The Labute approximate surface area is 183 Å². The summed E-state index contributed by atoms with van der Waals surface area (Å²) >= 11 is 12.1. The molecule has 0 heterocycles. The Morgan fingerprint density at radius 1 is 0.931 bits per heavy atom. The van der Waals surface area contributed by atoms with Crippen LogP contribution in [0.25, 0.3) is 0 Å². The molecule has 29 heavy (non-hydrogen) atoms. The summed E-state index contributed by atoms with van der Waals surface area (Å²) in [6.45, 7) is 1.25. The number of hydrogen-bond donors (Lipinski definition) is 0. The van der Waals surface area contributed by atoms with Crippen LogP contribution in [0.4, 0.5) is 0 Å². The van der Waals surface area contributed by atoms with Gasteiger partial charge in [-0.2, -0.15) is 4.31 Å². The van der Waals surface area contributed by atoms with Crippen molar-refractivity contribution in [1.29, 1.82) is 0 Å². The second-order valence-electron chi connectivity index (χ2n) is 6.76. The highest BCUT2D eigenvalue weighted by Crippen LogP contribution is 2.32. The smallest absolute Gasteiger partial charge is 0.247 e. The van der Waals surface area contributed by atoms with Crippen molar-refractivity contribution < 1.29 is 17.9 Å². The molecule has 2 aromatic carbocycles. The Hall–Kier alpha value is -1.51. The minimum atomic E-state index is -3.86. The standard InChI is InChI=1S/C20H26Cl2N2O4S/c1-23(2)10-5-11-24(14-15-6-8-17(21)18(22)12-15)29(25,26)20-13-16(27-3)7-9-19(20)28-4/h6-9,12-13H,5,10-11,14H2,1-4H3. The first-order valence-corrected chi connectivity index (χ1v) is 11.2. The van der Waals surface area contributed by atoms with Gasteiger partial charge in [-0.25, -0.2) is 8.42 Å². The summed E-state index contributed by atoms with van der Waals surface area (Å²) in [6.07, 6.45) is 0.667. The van der Waals surface area contributed by atoms with Crippen LogP contribution in [-0.4, -0.2) is 59.0 Å². The van der Waals surface area contributed by atoms with Crippen LogP contribution < -0.4 is 9.47 Å². The lowest BCUT2D eigenvalue weighted by Crippen LogP contribution is -2.33. The number of halogens is 2. The molecular formula is C20H26Cl2N2O4S. The van der Waals surface area contributed by atoms with Crippen molar-refractivity contribution in [1.82, 2.24) is 9.21 Å². The van der Waals surface area contributed by atoms with Crippen LogP contribution in [0.3, 0.4) is 0 Å². The lowest BCUT2D eigenvalue weighted by atomic mass is 10.2. The molecule has 0 atom stereocenters. The van der Waals surface area contributed by atoms with Crippen molar-refractivity contribution >= 4 is 33.2 Å². The lowest BCUT2D eigenvalue weighted by molar-refractivity contribution is 0.343. The van der Waals surface area contributed by atoms with E-state index >= 15 is 0 Å². The molecule has 9 heteroatoms. The van der Waals surface area contributed by atoms with E-state index in [1.807, 2.05) is 19.0 Å². The molecule has 0 amide bonds. The first-order chi connectivity index (χ1) is 13.7. The van der Waals surface area contributed by atoms with Crippen molar-refractivity contribution in [3.8, 4) is 11.5 Å². The number of nitrogens with zero attached hydrogens (tertiary/aromatic N) is 2. The third-order valence-corrected chi connectivity index (χ3v) is 6.95. The van der Waals surface area contributed by atoms with Crippen LogP contribution in [-0.2, 0) is 16.6 Å². The van der Waals surface area contributed by atoms with E-state index in [4.69, 9.17) is 32.7 Å². The maximum Gasteiger partial charge on any atom is 0.247 e. The van der Waals surface area contributed by atoms with Crippen molar-refractivity contribution in [3.63, 3.8) is 0 Å². The first-order valence-electron chi connectivity index (χ1n) is 9.00. The zero-order valence-electron chi connectivity index (χ0n) is 17.0. The number of sulfonamides is 1. The molecular weight excluding hydrogens is 435 g/mol. The van der Waals surface area contributed by atoms with Gasteiger partial charge in [0.1, 0.15) is 16.4 Å². The van der Waals surface area contributed by atoms with Crippen molar-refractivity contribution in [2.45, 2.75) is 17.9 Å². The van der Waals surface area contributed by atoms with E-state index < -0.39 is 10.0 Å². The normalized spacial score (nSPS) is 11.9. The minimum Gasteiger partial charge on any atom is -0.497 e. The van der Waals surface area contributed by atoms with E-state index in [2.05, 4.69) is 0 Å². The van der Waals surface area contributed by atoms with Crippen LogP contribution in [0, 0.1) is 0 Å². The number of benzene rings is 2. The molecule has 0 saturated carbocycles. The summed E-state index contributed by atoms with van der Waals surface area (Å²) in [4.78, 5) is 2.07. The number of methoxy groups -OCH3 is 2. The van der Waals surface area contributed by atoms with E-state index in [9.17, 15) is 8.42 Å². The molecule has 160 valence electrons. The van der Waals surface area contributed by atoms with Gasteiger partial charge in [-0.1, -0.05) is 29.3 Å². The van der Waals surface area contributed by atoms with Gasteiger partial charge in [-0.15, -0.1) is 0 Å². The van der Waals surface area contributed by atoms with Gasteiger partial charge >= 0.3 is 0 Å². The second kappa shape index (κ2) is 10.5. The van der Waals surface area contributed by atoms with Crippen molar-refractivity contribution in [3.05, 3.63) is 52.0 Å². The molecule has 0 N–H and O–H groups in total. The zero-order valence-corrected chi connectivity index (χ0v) is 19.3. The fraction of sp³-hybridized carbons (Fsp3) is 0.400. The van der Waals surface area contributed by atoms with Crippen LogP contribution >= 0.6 is 23.2 Å². The van der Waals surface area contributed by atoms with Gasteiger partial charge in [0, 0.05) is 19.2 Å². The van der Waals surface area contributed by atoms with E-state index in [0.29, 0.717) is 28.8 Å². The summed E-state index contributed by atoms with van der Waals surface area (Å²) in [5.41, 5.74) is 0.745. The SMILES string of the molecule is COc1ccc(OC)c(S(=O)(=O)N(CCCN(C)C)Cc2ccc(Cl)c(Cl)c2)c1. The Kier molecular flexibility index (Phi) is 8.60. The van der Waals surface area contributed by atoms with Gasteiger partial charge in [0.25, 0.3) is 0 Å². The molecule has 0 bridgehead atoms. The molecule has 0 unspecified atom stereocenters. The molecule has 0 spiro atoms. The van der Waals surface area contributed by atoms with Crippen LogP contribution in [0.5, 0.6) is 11.5 Å². The molecule has 0 aliphatic heterocycles. The topological polar surface area (TPSA) is 59.1 Å². The van der Waals surface area contributed by atoms with E-state index in [1.54, 1.807) is 30.3 Å². The molecule has 0 radical (unpaired) electrons.